The zero-order valence-electron chi connectivity index (χ0n) is 8.53. The zero-order valence-corrected chi connectivity index (χ0v) is 8.53. The Bertz CT molecular complexity index is 300. The van der Waals surface area contributed by atoms with Gasteiger partial charge in [-0.15, -0.1) is 0 Å². The predicted molar refractivity (Wildman–Crippen MR) is 53.9 cm³/mol. The number of carbonyl (C=O) groups excluding carboxylic acids is 1. The lowest BCUT2D eigenvalue weighted by Crippen LogP contribution is -2.13. The molecule has 2 atom stereocenters. The monoisotopic (exact) mass is 192 g/mol. The van der Waals surface area contributed by atoms with E-state index in [-0.39, 0.29) is 5.92 Å². The van der Waals surface area contributed by atoms with Crippen LogP contribution in [0.1, 0.15) is 31.9 Å². The molecule has 2 unspecified atom stereocenters. The highest BCUT2D eigenvalue weighted by Gasteiger charge is 2.27. The summed E-state index contributed by atoms with van der Waals surface area (Å²) in [5, 5.41) is 0. The summed E-state index contributed by atoms with van der Waals surface area (Å²) in [4.78, 5) is 11.8. The third-order valence-corrected chi connectivity index (χ3v) is 3.08. The molecule has 0 bridgehead atoms. The van der Waals surface area contributed by atoms with Crippen molar-refractivity contribution in [1.29, 1.82) is 0 Å². The molecular formula is C12H16O2. The molecule has 1 aliphatic rings. The van der Waals surface area contributed by atoms with E-state index in [1.807, 2.05) is 12.1 Å². The number of hydrogen-bond donors (Lipinski definition) is 0. The van der Waals surface area contributed by atoms with Crippen LogP contribution in [0.4, 0.5) is 0 Å². The molecule has 2 heteroatoms. The highest BCUT2D eigenvalue weighted by Crippen LogP contribution is 2.31. The van der Waals surface area contributed by atoms with E-state index in [0.717, 1.165) is 24.5 Å². The maximum absolute atomic E-state index is 11.8. The molecule has 76 valence electrons. The van der Waals surface area contributed by atoms with Gasteiger partial charge in [0, 0.05) is 5.92 Å². The molecule has 2 nitrogen and oxygen atoms in total. The van der Waals surface area contributed by atoms with Crippen molar-refractivity contribution < 1.29 is 9.21 Å². The third kappa shape index (κ3) is 2.06. The lowest BCUT2D eigenvalue weighted by atomic mass is 9.98. The summed E-state index contributed by atoms with van der Waals surface area (Å²) in [5.74, 6) is 2.16. The molecule has 1 aromatic rings. The van der Waals surface area contributed by atoms with E-state index in [0.29, 0.717) is 12.2 Å². The number of rotatable bonds is 3. The fourth-order valence-electron chi connectivity index (χ4n) is 2.23. The highest BCUT2D eigenvalue weighted by atomic mass is 16.3. The van der Waals surface area contributed by atoms with Crippen LogP contribution >= 0.6 is 0 Å². The van der Waals surface area contributed by atoms with Gasteiger partial charge in [-0.1, -0.05) is 6.92 Å². The molecule has 14 heavy (non-hydrogen) atoms. The van der Waals surface area contributed by atoms with E-state index in [4.69, 9.17) is 4.42 Å². The average Bonchev–Trinajstić information content (AvgIpc) is 2.75. The van der Waals surface area contributed by atoms with Crippen molar-refractivity contribution in [3.63, 3.8) is 0 Å². The first-order valence-corrected chi connectivity index (χ1v) is 5.31. The lowest BCUT2D eigenvalue weighted by Gasteiger charge is -2.06. The molecule has 0 N–H and O–H groups in total. The fraction of sp³-hybridized carbons (Fsp3) is 0.583. The molecule has 1 saturated carbocycles. The zero-order chi connectivity index (χ0) is 9.97. The van der Waals surface area contributed by atoms with Gasteiger partial charge < -0.3 is 4.42 Å². The Morgan fingerprint density at radius 3 is 3.00 bits per heavy atom. The van der Waals surface area contributed by atoms with Crippen LogP contribution in [0.15, 0.2) is 22.8 Å². The number of hydrogen-bond acceptors (Lipinski definition) is 2. The summed E-state index contributed by atoms with van der Waals surface area (Å²) >= 11 is 0. The van der Waals surface area contributed by atoms with Gasteiger partial charge in [-0.2, -0.15) is 0 Å². The number of ketones is 1. The van der Waals surface area contributed by atoms with E-state index >= 15 is 0 Å². The topological polar surface area (TPSA) is 30.2 Å². The maximum atomic E-state index is 11.8. The first-order valence-electron chi connectivity index (χ1n) is 5.31. The molecule has 0 aromatic carbocycles. The predicted octanol–water partition coefficient (Wildman–Crippen LogP) is 2.83. The van der Waals surface area contributed by atoms with E-state index in [1.54, 1.807) is 6.26 Å². The Balaban J connectivity index is 1.90. The molecule has 0 radical (unpaired) electrons. The second kappa shape index (κ2) is 3.99. The van der Waals surface area contributed by atoms with Crippen LogP contribution in [-0.4, -0.2) is 5.78 Å². The van der Waals surface area contributed by atoms with E-state index in [1.165, 1.54) is 6.42 Å². The summed E-state index contributed by atoms with van der Waals surface area (Å²) in [6.07, 6.45) is 5.44. The summed E-state index contributed by atoms with van der Waals surface area (Å²) in [6, 6.07) is 3.70. The Labute approximate surface area is 84.3 Å². The molecule has 2 rings (SSSR count). The van der Waals surface area contributed by atoms with Crippen molar-refractivity contribution in [3.05, 3.63) is 24.2 Å². The Morgan fingerprint density at radius 1 is 1.57 bits per heavy atom. The number of carbonyl (C=O) groups is 1. The van der Waals surface area contributed by atoms with Crippen LogP contribution in [0.25, 0.3) is 0 Å². The van der Waals surface area contributed by atoms with Crippen LogP contribution in [0.3, 0.4) is 0 Å². The SMILES string of the molecule is CC1CCC(C(=O)Cc2ccco2)C1. The van der Waals surface area contributed by atoms with Gasteiger partial charge in [0.15, 0.2) is 0 Å². The van der Waals surface area contributed by atoms with Crippen molar-refractivity contribution in [3.8, 4) is 0 Å². The van der Waals surface area contributed by atoms with Gasteiger partial charge in [0.2, 0.25) is 0 Å². The smallest absolute Gasteiger partial charge is 0.143 e. The van der Waals surface area contributed by atoms with E-state index in [9.17, 15) is 4.79 Å². The number of furan rings is 1. The van der Waals surface area contributed by atoms with Crippen molar-refractivity contribution >= 4 is 5.78 Å². The standard InChI is InChI=1S/C12H16O2/c1-9-4-5-10(7-9)12(13)8-11-3-2-6-14-11/h2-3,6,9-10H,4-5,7-8H2,1H3. The van der Waals surface area contributed by atoms with Crippen molar-refractivity contribution in [2.45, 2.75) is 32.6 Å². The van der Waals surface area contributed by atoms with E-state index in [2.05, 4.69) is 6.92 Å². The average molecular weight is 192 g/mol. The summed E-state index contributed by atoms with van der Waals surface area (Å²) in [5.41, 5.74) is 0. The maximum Gasteiger partial charge on any atom is 0.143 e. The van der Waals surface area contributed by atoms with Crippen LogP contribution in [0.5, 0.6) is 0 Å². The van der Waals surface area contributed by atoms with Gasteiger partial charge in [-0.25, -0.2) is 0 Å². The summed E-state index contributed by atoms with van der Waals surface area (Å²) in [6.45, 7) is 2.22. The quantitative estimate of drug-likeness (QED) is 0.737. The van der Waals surface area contributed by atoms with Crippen LogP contribution in [0, 0.1) is 11.8 Å². The molecule has 0 spiro atoms. The lowest BCUT2D eigenvalue weighted by molar-refractivity contribution is -0.122. The first kappa shape index (κ1) is 9.50. The molecule has 1 aromatic heterocycles. The molecule has 1 heterocycles. The van der Waals surface area contributed by atoms with Gasteiger partial charge in [-0.3, -0.25) is 4.79 Å². The van der Waals surface area contributed by atoms with Crippen molar-refractivity contribution in [2.75, 3.05) is 0 Å². The van der Waals surface area contributed by atoms with Gasteiger partial charge in [0.1, 0.15) is 11.5 Å². The molecule has 0 aliphatic heterocycles. The molecular weight excluding hydrogens is 176 g/mol. The molecule has 1 aliphatic carbocycles. The summed E-state index contributed by atoms with van der Waals surface area (Å²) in [7, 11) is 0. The Morgan fingerprint density at radius 2 is 2.43 bits per heavy atom. The third-order valence-electron chi connectivity index (χ3n) is 3.08. The normalized spacial score (nSPS) is 26.6. The van der Waals surface area contributed by atoms with Crippen LogP contribution in [0.2, 0.25) is 0 Å². The summed E-state index contributed by atoms with van der Waals surface area (Å²) < 4.78 is 5.17. The second-order valence-electron chi connectivity index (χ2n) is 4.34. The second-order valence-corrected chi connectivity index (χ2v) is 4.34. The van der Waals surface area contributed by atoms with Gasteiger partial charge >= 0.3 is 0 Å². The van der Waals surface area contributed by atoms with Crippen molar-refractivity contribution in [1.82, 2.24) is 0 Å². The van der Waals surface area contributed by atoms with Crippen molar-refractivity contribution in [2.24, 2.45) is 11.8 Å². The van der Waals surface area contributed by atoms with Crippen LogP contribution < -0.4 is 0 Å². The largest absolute Gasteiger partial charge is 0.469 e. The molecule has 1 fully saturated rings. The van der Waals surface area contributed by atoms with Gasteiger partial charge in [0.05, 0.1) is 12.7 Å². The highest BCUT2D eigenvalue weighted by molar-refractivity contribution is 5.83. The van der Waals surface area contributed by atoms with Crippen LogP contribution in [-0.2, 0) is 11.2 Å². The fourth-order valence-corrected chi connectivity index (χ4v) is 2.23. The Kier molecular flexibility index (Phi) is 2.71. The molecule has 0 saturated heterocycles. The number of Topliss-reactive ketones (excluding diaryl/α,β-unsaturated/α-hetero) is 1. The Hall–Kier alpha value is -1.05. The minimum atomic E-state index is 0.287. The van der Waals surface area contributed by atoms with Gasteiger partial charge in [0.25, 0.3) is 0 Å². The minimum Gasteiger partial charge on any atom is -0.469 e. The first-order chi connectivity index (χ1) is 6.75. The van der Waals surface area contributed by atoms with E-state index < -0.39 is 0 Å². The minimum absolute atomic E-state index is 0.287. The van der Waals surface area contributed by atoms with Gasteiger partial charge in [-0.05, 0) is 37.3 Å². The molecule has 0 amide bonds.